The van der Waals surface area contributed by atoms with E-state index in [1.54, 1.807) is 11.0 Å². The molecule has 1 heterocycles. The Morgan fingerprint density at radius 2 is 2.11 bits per heavy atom. The molecule has 0 aliphatic carbocycles. The van der Waals surface area contributed by atoms with E-state index in [2.05, 4.69) is 12.2 Å². The lowest BCUT2D eigenvalue weighted by Crippen LogP contribution is -2.23. The smallest absolute Gasteiger partial charge is 0.391 e. The Labute approximate surface area is 113 Å². The van der Waals surface area contributed by atoms with Crippen LogP contribution in [0.1, 0.15) is 17.5 Å². The second-order valence-corrected chi connectivity index (χ2v) is 4.92. The van der Waals surface area contributed by atoms with Crippen molar-refractivity contribution in [3.05, 3.63) is 29.3 Å². The van der Waals surface area contributed by atoms with Crippen LogP contribution in [0.25, 0.3) is 0 Å². The molecule has 1 saturated heterocycles. The van der Waals surface area contributed by atoms with Gasteiger partial charge in [0.15, 0.2) is 0 Å². The number of nitrogens with two attached hydrogens (primary N) is 1. The summed E-state index contributed by atoms with van der Waals surface area (Å²) in [5.41, 5.74) is 4.73. The van der Waals surface area contributed by atoms with Gasteiger partial charge >= 0.3 is 6.18 Å². The van der Waals surface area contributed by atoms with Gasteiger partial charge in [0.25, 0.3) is 0 Å². The largest absolute Gasteiger partial charge is 0.417 e. The second-order valence-electron chi connectivity index (χ2n) is 4.48. The molecule has 19 heavy (non-hydrogen) atoms. The lowest BCUT2D eigenvalue weighted by atomic mass is 10.1. The summed E-state index contributed by atoms with van der Waals surface area (Å²) in [7, 11) is 0. The SMILES string of the molecule is NC(=S)c1ccc(N2CCC(O)C2)cc1C(F)(F)F. The number of aliphatic hydroxyl groups is 1. The van der Waals surface area contributed by atoms with Crippen molar-refractivity contribution in [3.63, 3.8) is 0 Å². The van der Waals surface area contributed by atoms with E-state index in [9.17, 15) is 18.3 Å². The quantitative estimate of drug-likeness (QED) is 0.817. The van der Waals surface area contributed by atoms with Gasteiger partial charge in [-0.25, -0.2) is 0 Å². The first-order chi connectivity index (χ1) is 8.79. The predicted octanol–water partition coefficient (Wildman–Crippen LogP) is 1.91. The molecule has 0 amide bonds. The first-order valence-corrected chi connectivity index (χ1v) is 6.14. The van der Waals surface area contributed by atoms with Gasteiger partial charge in [0.2, 0.25) is 0 Å². The van der Waals surface area contributed by atoms with E-state index in [4.69, 9.17) is 5.73 Å². The average molecular weight is 290 g/mol. The summed E-state index contributed by atoms with van der Waals surface area (Å²) < 4.78 is 38.9. The molecule has 1 fully saturated rings. The maximum absolute atomic E-state index is 13.0. The molecule has 2 rings (SSSR count). The zero-order valence-electron chi connectivity index (χ0n) is 9.94. The highest BCUT2D eigenvalue weighted by Gasteiger charge is 2.35. The monoisotopic (exact) mass is 290 g/mol. The summed E-state index contributed by atoms with van der Waals surface area (Å²) in [5, 5.41) is 9.43. The standard InChI is InChI=1S/C12H13F3N2OS/c13-12(14,15)10-5-7(1-2-9(10)11(16)19)17-4-3-8(18)6-17/h1-2,5,8,18H,3-4,6H2,(H2,16,19). The van der Waals surface area contributed by atoms with Crippen molar-refractivity contribution in [2.75, 3.05) is 18.0 Å². The highest BCUT2D eigenvalue weighted by molar-refractivity contribution is 7.80. The minimum atomic E-state index is -4.51. The molecule has 1 atom stereocenters. The number of anilines is 1. The summed E-state index contributed by atoms with van der Waals surface area (Å²) in [6, 6.07) is 3.86. The molecule has 0 saturated carbocycles. The van der Waals surface area contributed by atoms with Crippen LogP contribution < -0.4 is 10.6 Å². The molecule has 1 aliphatic heterocycles. The van der Waals surface area contributed by atoms with Gasteiger partial charge in [0.05, 0.1) is 11.7 Å². The highest BCUT2D eigenvalue weighted by Crippen LogP contribution is 2.35. The molecule has 1 aromatic carbocycles. The third-order valence-electron chi connectivity index (χ3n) is 3.10. The van der Waals surface area contributed by atoms with E-state index in [1.807, 2.05) is 0 Å². The fraction of sp³-hybridized carbons (Fsp3) is 0.417. The van der Waals surface area contributed by atoms with Gasteiger partial charge in [-0.15, -0.1) is 0 Å². The number of aliphatic hydroxyl groups excluding tert-OH is 1. The zero-order valence-corrected chi connectivity index (χ0v) is 10.8. The summed E-state index contributed by atoms with van der Waals surface area (Å²) >= 11 is 4.64. The first-order valence-electron chi connectivity index (χ1n) is 5.73. The van der Waals surface area contributed by atoms with Gasteiger partial charge in [0, 0.05) is 24.3 Å². The molecule has 1 aromatic rings. The summed E-state index contributed by atoms with van der Waals surface area (Å²) in [4.78, 5) is 1.43. The van der Waals surface area contributed by atoms with Crippen LogP contribution in [0.15, 0.2) is 18.2 Å². The Hall–Kier alpha value is -1.34. The number of halogens is 3. The molecule has 3 N–H and O–H groups in total. The van der Waals surface area contributed by atoms with Gasteiger partial charge in [0.1, 0.15) is 4.99 Å². The molecule has 104 valence electrons. The van der Waals surface area contributed by atoms with Gasteiger partial charge < -0.3 is 15.7 Å². The van der Waals surface area contributed by atoms with E-state index in [-0.39, 0.29) is 10.6 Å². The van der Waals surface area contributed by atoms with Gasteiger partial charge in [-0.3, -0.25) is 0 Å². The van der Waals surface area contributed by atoms with Crippen LogP contribution in [0.5, 0.6) is 0 Å². The number of β-amino-alcohol motifs (C(OH)–C–C–N with tert-alkyl or cyclic N) is 1. The Morgan fingerprint density at radius 3 is 2.58 bits per heavy atom. The normalized spacial score (nSPS) is 19.8. The molecule has 1 aliphatic rings. The number of alkyl halides is 3. The Morgan fingerprint density at radius 1 is 1.42 bits per heavy atom. The van der Waals surface area contributed by atoms with E-state index in [0.29, 0.717) is 25.2 Å². The molecule has 0 bridgehead atoms. The van der Waals surface area contributed by atoms with Crippen LogP contribution in [0.4, 0.5) is 18.9 Å². The van der Waals surface area contributed by atoms with Crippen molar-refractivity contribution in [2.45, 2.75) is 18.7 Å². The number of rotatable bonds is 2. The maximum atomic E-state index is 13.0. The van der Waals surface area contributed by atoms with E-state index >= 15 is 0 Å². The lowest BCUT2D eigenvalue weighted by Gasteiger charge is -2.21. The number of thiocarbonyl (C=S) groups is 1. The fourth-order valence-electron chi connectivity index (χ4n) is 2.15. The van der Waals surface area contributed by atoms with Crippen LogP contribution in [0, 0.1) is 0 Å². The van der Waals surface area contributed by atoms with Crippen LogP contribution >= 0.6 is 12.2 Å². The van der Waals surface area contributed by atoms with Gasteiger partial charge in [-0.1, -0.05) is 12.2 Å². The van der Waals surface area contributed by atoms with E-state index in [1.165, 1.54) is 6.07 Å². The van der Waals surface area contributed by atoms with Crippen molar-refractivity contribution in [1.29, 1.82) is 0 Å². The third-order valence-corrected chi connectivity index (χ3v) is 3.32. The van der Waals surface area contributed by atoms with Crippen molar-refractivity contribution in [3.8, 4) is 0 Å². The molecule has 0 aromatic heterocycles. The summed E-state index contributed by atoms with van der Waals surface area (Å²) in [6.07, 6.45) is -4.45. The Bertz CT molecular complexity index is 504. The van der Waals surface area contributed by atoms with Crippen LogP contribution in [-0.2, 0) is 6.18 Å². The Balaban J connectivity index is 2.41. The van der Waals surface area contributed by atoms with Crippen molar-refractivity contribution in [1.82, 2.24) is 0 Å². The van der Waals surface area contributed by atoms with Crippen molar-refractivity contribution < 1.29 is 18.3 Å². The molecule has 1 unspecified atom stereocenters. The van der Waals surface area contributed by atoms with Gasteiger partial charge in [-0.2, -0.15) is 13.2 Å². The van der Waals surface area contributed by atoms with Crippen LogP contribution in [0.3, 0.4) is 0 Å². The minimum Gasteiger partial charge on any atom is -0.391 e. The van der Waals surface area contributed by atoms with Crippen molar-refractivity contribution >= 4 is 22.9 Å². The lowest BCUT2D eigenvalue weighted by molar-refractivity contribution is -0.137. The van der Waals surface area contributed by atoms with Crippen molar-refractivity contribution in [2.24, 2.45) is 5.73 Å². The molecule has 0 spiro atoms. The van der Waals surface area contributed by atoms with Gasteiger partial charge in [-0.05, 0) is 24.6 Å². The highest BCUT2D eigenvalue weighted by atomic mass is 32.1. The molecule has 0 radical (unpaired) electrons. The minimum absolute atomic E-state index is 0.175. The predicted molar refractivity (Wildman–Crippen MR) is 70.2 cm³/mol. The van der Waals surface area contributed by atoms with Crippen LogP contribution in [-0.4, -0.2) is 29.3 Å². The Kier molecular flexibility index (Phi) is 3.69. The van der Waals surface area contributed by atoms with E-state index in [0.717, 1.165) is 6.07 Å². The fourth-order valence-corrected chi connectivity index (χ4v) is 2.33. The number of hydrogen-bond acceptors (Lipinski definition) is 3. The topological polar surface area (TPSA) is 49.5 Å². The average Bonchev–Trinajstić information content (AvgIpc) is 2.74. The number of hydrogen-bond donors (Lipinski definition) is 2. The second kappa shape index (κ2) is 4.97. The third kappa shape index (κ3) is 2.98. The first kappa shape index (κ1) is 14.1. The maximum Gasteiger partial charge on any atom is 0.417 e. The molecule has 3 nitrogen and oxygen atoms in total. The number of nitrogens with zero attached hydrogens (tertiary/aromatic N) is 1. The number of benzene rings is 1. The molecular formula is C12H13F3N2OS. The van der Waals surface area contributed by atoms with E-state index < -0.39 is 17.8 Å². The molecular weight excluding hydrogens is 277 g/mol. The summed E-state index contributed by atoms with van der Waals surface area (Å²) in [5.74, 6) is 0. The molecule has 7 heteroatoms. The van der Waals surface area contributed by atoms with Crippen LogP contribution in [0.2, 0.25) is 0 Å². The zero-order chi connectivity index (χ0) is 14.2. The summed E-state index contributed by atoms with van der Waals surface area (Å²) in [6.45, 7) is 0.870.